The highest BCUT2D eigenvalue weighted by molar-refractivity contribution is 5.96. The highest BCUT2D eigenvalue weighted by Crippen LogP contribution is 2.33. The van der Waals surface area contributed by atoms with Gasteiger partial charge in [0.25, 0.3) is 0 Å². The summed E-state index contributed by atoms with van der Waals surface area (Å²) in [4.78, 5) is 18.5. The van der Waals surface area contributed by atoms with E-state index in [-0.39, 0.29) is 11.3 Å². The second-order valence-electron chi connectivity index (χ2n) is 6.80. The van der Waals surface area contributed by atoms with Crippen LogP contribution in [0.2, 0.25) is 0 Å². The third kappa shape index (κ3) is 3.43. The molecule has 0 atom stereocenters. The topological polar surface area (TPSA) is 33.2 Å². The number of hydrogen-bond donors (Lipinski definition) is 0. The first kappa shape index (κ1) is 15.3. The molecule has 1 amide bonds. The van der Waals surface area contributed by atoms with E-state index in [1.165, 1.54) is 0 Å². The van der Waals surface area contributed by atoms with Crippen molar-refractivity contribution in [3.63, 3.8) is 0 Å². The summed E-state index contributed by atoms with van der Waals surface area (Å²) in [5.41, 5.74) is 2.83. The zero-order chi connectivity index (χ0) is 16.4. The Morgan fingerprint density at radius 1 is 1.13 bits per heavy atom. The lowest BCUT2D eigenvalue weighted by Gasteiger charge is -2.20. The van der Waals surface area contributed by atoms with Crippen molar-refractivity contribution in [2.75, 3.05) is 11.4 Å². The number of aryl methyl sites for hydroxylation is 1. The average Bonchev–Trinajstić information content (AvgIpc) is 2.79. The van der Waals surface area contributed by atoms with Gasteiger partial charge in [0.1, 0.15) is 5.82 Å². The van der Waals surface area contributed by atoms with E-state index in [0.717, 1.165) is 22.5 Å². The van der Waals surface area contributed by atoms with Crippen LogP contribution in [0.25, 0.3) is 0 Å². The first-order valence-electron chi connectivity index (χ1n) is 7.79. The Bertz CT molecular complexity index is 797. The summed E-state index contributed by atoms with van der Waals surface area (Å²) in [6.45, 7) is 6.92. The Labute approximate surface area is 137 Å². The lowest BCUT2D eigenvalue weighted by atomic mass is 9.93. The van der Waals surface area contributed by atoms with Gasteiger partial charge in [0, 0.05) is 30.3 Å². The van der Waals surface area contributed by atoms with Crippen LogP contribution in [0, 0.1) is 24.2 Å². The number of anilines is 1. The molecule has 0 spiro atoms. The fraction of sp³-hybridized carbons (Fsp3) is 0.300. The number of rotatable bonds is 1. The molecule has 3 nitrogen and oxygen atoms in total. The van der Waals surface area contributed by atoms with Crippen LogP contribution < -0.4 is 4.90 Å². The first-order chi connectivity index (χ1) is 10.9. The van der Waals surface area contributed by atoms with E-state index in [4.69, 9.17) is 0 Å². The highest BCUT2D eigenvalue weighted by Gasteiger charge is 2.37. The number of amides is 1. The van der Waals surface area contributed by atoms with Crippen molar-refractivity contribution in [1.82, 2.24) is 4.98 Å². The van der Waals surface area contributed by atoms with Gasteiger partial charge in [-0.15, -0.1) is 0 Å². The Hall–Kier alpha value is -2.60. The Kier molecular flexibility index (Phi) is 3.92. The smallest absolute Gasteiger partial charge is 0.228 e. The van der Waals surface area contributed by atoms with E-state index in [1.807, 2.05) is 43.3 Å². The molecule has 3 heteroatoms. The summed E-state index contributed by atoms with van der Waals surface area (Å²) in [7, 11) is 0. The molecule has 0 saturated carbocycles. The molecule has 116 valence electrons. The van der Waals surface area contributed by atoms with Gasteiger partial charge in [0.05, 0.1) is 0 Å². The number of hydrogen-bond acceptors (Lipinski definition) is 2. The summed E-state index contributed by atoms with van der Waals surface area (Å²) >= 11 is 0. The summed E-state index contributed by atoms with van der Waals surface area (Å²) in [6, 6.07) is 11.9. The monoisotopic (exact) mass is 304 g/mol. The maximum Gasteiger partial charge on any atom is 0.228 e. The number of pyridine rings is 1. The molecule has 0 N–H and O–H groups in total. The van der Waals surface area contributed by atoms with Crippen LogP contribution in [0.4, 0.5) is 5.82 Å². The molecule has 3 rings (SSSR count). The van der Waals surface area contributed by atoms with Gasteiger partial charge in [-0.2, -0.15) is 0 Å². The molecule has 1 aromatic heterocycles. The molecule has 2 heterocycles. The standard InChI is InChI=1S/C20H20N2O/c1-15-11-17(10-9-16-7-5-4-6-8-16)13-21-19(15)22-14-20(2,3)12-18(22)23/h4-8,11,13H,12,14H2,1-3H3. The fourth-order valence-corrected chi connectivity index (χ4v) is 2.85. The highest BCUT2D eigenvalue weighted by atomic mass is 16.2. The second kappa shape index (κ2) is 5.89. The molecule has 1 aromatic carbocycles. The maximum absolute atomic E-state index is 12.2. The molecule has 2 aromatic rings. The number of nitrogens with zero attached hydrogens (tertiary/aromatic N) is 2. The van der Waals surface area contributed by atoms with Crippen LogP contribution in [-0.2, 0) is 4.79 Å². The van der Waals surface area contributed by atoms with Gasteiger partial charge >= 0.3 is 0 Å². The minimum atomic E-state index is 0.0109. The zero-order valence-corrected chi connectivity index (χ0v) is 13.8. The second-order valence-corrected chi connectivity index (χ2v) is 6.80. The van der Waals surface area contributed by atoms with Gasteiger partial charge in [-0.1, -0.05) is 43.9 Å². The van der Waals surface area contributed by atoms with E-state index in [1.54, 1.807) is 11.1 Å². The third-order valence-corrected chi connectivity index (χ3v) is 3.95. The zero-order valence-electron chi connectivity index (χ0n) is 13.8. The summed E-state index contributed by atoms with van der Waals surface area (Å²) in [5, 5.41) is 0. The van der Waals surface area contributed by atoms with Gasteiger partial charge < -0.3 is 0 Å². The van der Waals surface area contributed by atoms with Crippen LogP contribution in [0.15, 0.2) is 42.6 Å². The summed E-state index contributed by atoms with van der Waals surface area (Å²) in [6.07, 6.45) is 2.32. The van der Waals surface area contributed by atoms with Crippen LogP contribution in [0.5, 0.6) is 0 Å². The lowest BCUT2D eigenvalue weighted by molar-refractivity contribution is -0.117. The molecule has 1 aliphatic rings. The van der Waals surface area contributed by atoms with E-state index in [9.17, 15) is 4.79 Å². The quantitative estimate of drug-likeness (QED) is 0.755. The van der Waals surface area contributed by atoms with Gasteiger partial charge in [-0.25, -0.2) is 4.98 Å². The number of aromatic nitrogens is 1. The van der Waals surface area contributed by atoms with Crippen molar-refractivity contribution in [3.8, 4) is 11.8 Å². The van der Waals surface area contributed by atoms with Gasteiger partial charge in [-0.3, -0.25) is 9.69 Å². The molecule has 0 radical (unpaired) electrons. The lowest BCUT2D eigenvalue weighted by Crippen LogP contribution is -2.27. The van der Waals surface area contributed by atoms with Crippen molar-refractivity contribution >= 4 is 11.7 Å². The number of carbonyl (C=O) groups excluding carboxylic acids is 1. The number of carbonyl (C=O) groups is 1. The van der Waals surface area contributed by atoms with E-state index in [2.05, 4.69) is 30.7 Å². The first-order valence-corrected chi connectivity index (χ1v) is 7.79. The van der Waals surface area contributed by atoms with Gasteiger partial charge in [0.2, 0.25) is 5.91 Å². The Morgan fingerprint density at radius 2 is 1.83 bits per heavy atom. The van der Waals surface area contributed by atoms with Crippen LogP contribution in [-0.4, -0.2) is 17.4 Å². The van der Waals surface area contributed by atoms with Crippen molar-refractivity contribution < 1.29 is 4.79 Å². The molecular weight excluding hydrogens is 284 g/mol. The number of benzene rings is 1. The molecule has 1 aliphatic heterocycles. The largest absolute Gasteiger partial charge is 0.296 e. The van der Waals surface area contributed by atoms with Crippen LogP contribution in [0.1, 0.15) is 37.0 Å². The maximum atomic E-state index is 12.2. The van der Waals surface area contributed by atoms with Gasteiger partial charge in [-0.05, 0) is 36.1 Å². The van der Waals surface area contributed by atoms with Crippen LogP contribution >= 0.6 is 0 Å². The van der Waals surface area contributed by atoms with E-state index >= 15 is 0 Å². The molecular formula is C20H20N2O. The Balaban J connectivity index is 1.85. The molecule has 0 aliphatic carbocycles. The molecule has 23 heavy (non-hydrogen) atoms. The fourth-order valence-electron chi connectivity index (χ4n) is 2.85. The molecule has 0 bridgehead atoms. The summed E-state index contributed by atoms with van der Waals surface area (Å²) in [5.74, 6) is 7.16. The molecule has 1 fully saturated rings. The summed E-state index contributed by atoms with van der Waals surface area (Å²) < 4.78 is 0. The van der Waals surface area contributed by atoms with E-state index in [0.29, 0.717) is 13.0 Å². The molecule has 1 saturated heterocycles. The van der Waals surface area contributed by atoms with Crippen LogP contribution in [0.3, 0.4) is 0 Å². The van der Waals surface area contributed by atoms with Gasteiger partial charge in [0.15, 0.2) is 0 Å². The Morgan fingerprint density at radius 3 is 2.43 bits per heavy atom. The van der Waals surface area contributed by atoms with Crippen molar-refractivity contribution in [2.45, 2.75) is 27.2 Å². The predicted molar refractivity (Wildman–Crippen MR) is 92.1 cm³/mol. The minimum absolute atomic E-state index is 0.0109. The SMILES string of the molecule is Cc1cc(C#Cc2ccccc2)cnc1N1CC(C)(C)CC1=O. The third-order valence-electron chi connectivity index (χ3n) is 3.95. The van der Waals surface area contributed by atoms with Crippen molar-refractivity contribution in [2.24, 2.45) is 5.41 Å². The van der Waals surface area contributed by atoms with Crippen molar-refractivity contribution in [1.29, 1.82) is 0 Å². The van der Waals surface area contributed by atoms with E-state index < -0.39 is 0 Å². The normalized spacial score (nSPS) is 16.1. The average molecular weight is 304 g/mol. The molecule has 0 unspecified atom stereocenters. The minimum Gasteiger partial charge on any atom is -0.296 e. The van der Waals surface area contributed by atoms with Crippen molar-refractivity contribution in [3.05, 3.63) is 59.3 Å². The predicted octanol–water partition coefficient (Wildman–Crippen LogP) is 3.55.